The van der Waals surface area contributed by atoms with E-state index in [0.717, 1.165) is 49.9 Å². The Morgan fingerprint density at radius 1 is 1.27 bits per heavy atom. The van der Waals surface area contributed by atoms with Crippen molar-refractivity contribution in [3.63, 3.8) is 0 Å². The number of aromatic nitrogens is 2. The maximum absolute atomic E-state index is 4.63. The minimum absolute atomic E-state index is 0.0418. The fraction of sp³-hybridized carbons (Fsp3) is 0.609. The lowest BCUT2D eigenvalue weighted by Gasteiger charge is -2.31. The molecule has 1 N–H and O–H groups in total. The average Bonchev–Trinajstić information content (AvgIpc) is 3.02. The van der Waals surface area contributed by atoms with Gasteiger partial charge in [0, 0.05) is 29.4 Å². The van der Waals surface area contributed by atoms with E-state index in [1.54, 1.807) is 0 Å². The van der Waals surface area contributed by atoms with Crippen molar-refractivity contribution < 1.29 is 0 Å². The highest BCUT2D eigenvalue weighted by molar-refractivity contribution is 5.63. The first kappa shape index (κ1) is 22.3. The van der Waals surface area contributed by atoms with Crippen LogP contribution in [0.2, 0.25) is 0 Å². The van der Waals surface area contributed by atoms with Crippen molar-refractivity contribution in [3.8, 4) is 0 Å². The second kappa shape index (κ2) is 10.4. The predicted molar refractivity (Wildman–Crippen MR) is 116 cm³/mol. The molecule has 1 rings (SSSR count). The molecular formula is C23H39N3. The molecule has 1 aromatic rings. The van der Waals surface area contributed by atoms with Crippen molar-refractivity contribution in [1.82, 2.24) is 15.1 Å². The van der Waals surface area contributed by atoms with Crippen LogP contribution in [0, 0.1) is 11.3 Å². The average molecular weight is 358 g/mol. The Hall–Kier alpha value is -1.77. The van der Waals surface area contributed by atoms with Crippen LogP contribution in [0.5, 0.6) is 0 Å². The van der Waals surface area contributed by atoms with E-state index in [1.165, 1.54) is 11.3 Å². The third kappa shape index (κ3) is 5.62. The lowest BCUT2D eigenvalue weighted by atomic mass is 9.79. The largest absolute Gasteiger partial charge is 0.388 e. The molecule has 3 heteroatoms. The summed E-state index contributed by atoms with van der Waals surface area (Å²) in [6.45, 7) is 22.7. The molecule has 0 radical (unpaired) electrons. The first-order chi connectivity index (χ1) is 12.3. The van der Waals surface area contributed by atoms with Gasteiger partial charge in [-0.15, -0.1) is 0 Å². The van der Waals surface area contributed by atoms with Crippen LogP contribution in [0.25, 0.3) is 11.8 Å². The molecule has 1 aromatic heterocycles. The van der Waals surface area contributed by atoms with Gasteiger partial charge in [0.25, 0.3) is 0 Å². The fourth-order valence-electron chi connectivity index (χ4n) is 3.23. The molecular weight excluding hydrogens is 318 g/mol. The van der Waals surface area contributed by atoms with E-state index in [4.69, 9.17) is 0 Å². The quantitative estimate of drug-likeness (QED) is 0.476. The lowest BCUT2D eigenvalue weighted by molar-refractivity contribution is 0.398. The molecule has 146 valence electrons. The summed E-state index contributed by atoms with van der Waals surface area (Å²) in [7, 11) is 0. The molecule has 0 aliphatic carbocycles. The second-order valence-electron chi connectivity index (χ2n) is 7.75. The van der Waals surface area contributed by atoms with Gasteiger partial charge in [-0.25, -0.2) is 4.68 Å². The molecule has 0 atom stereocenters. The van der Waals surface area contributed by atoms with Crippen LogP contribution >= 0.6 is 0 Å². The highest BCUT2D eigenvalue weighted by atomic mass is 15.3. The predicted octanol–water partition coefficient (Wildman–Crippen LogP) is 6.30. The number of hydrogen-bond acceptors (Lipinski definition) is 2. The van der Waals surface area contributed by atoms with Gasteiger partial charge in [0.2, 0.25) is 0 Å². The van der Waals surface area contributed by atoms with Gasteiger partial charge in [-0.1, -0.05) is 53.9 Å². The Morgan fingerprint density at radius 3 is 2.42 bits per heavy atom. The van der Waals surface area contributed by atoms with Crippen LogP contribution in [-0.4, -0.2) is 16.3 Å². The number of allylic oxidation sites excluding steroid dienone is 2. The number of nitrogens with zero attached hydrogens (tertiary/aromatic N) is 2. The van der Waals surface area contributed by atoms with Crippen LogP contribution in [-0.2, 0) is 6.42 Å². The third-order valence-electron chi connectivity index (χ3n) is 5.30. The highest BCUT2D eigenvalue weighted by Gasteiger charge is 2.26. The van der Waals surface area contributed by atoms with Gasteiger partial charge >= 0.3 is 0 Å². The highest BCUT2D eigenvalue weighted by Crippen LogP contribution is 2.35. The summed E-state index contributed by atoms with van der Waals surface area (Å²) in [5, 5.41) is 8.13. The van der Waals surface area contributed by atoms with Crippen LogP contribution in [0.1, 0.15) is 78.5 Å². The minimum Gasteiger partial charge on any atom is -0.388 e. The maximum atomic E-state index is 4.63. The molecule has 0 aliphatic rings. The molecule has 0 saturated heterocycles. The summed E-state index contributed by atoms with van der Waals surface area (Å²) >= 11 is 0. The zero-order valence-corrected chi connectivity index (χ0v) is 17.9. The van der Waals surface area contributed by atoms with Crippen molar-refractivity contribution in [2.45, 2.75) is 73.6 Å². The molecule has 1 heterocycles. The van der Waals surface area contributed by atoms with Crippen LogP contribution in [0.3, 0.4) is 0 Å². The lowest BCUT2D eigenvalue weighted by Crippen LogP contribution is -2.29. The van der Waals surface area contributed by atoms with E-state index in [9.17, 15) is 0 Å². The maximum Gasteiger partial charge on any atom is 0.0571 e. The van der Waals surface area contributed by atoms with Crippen molar-refractivity contribution >= 4 is 11.8 Å². The number of rotatable bonds is 12. The molecule has 0 bridgehead atoms. The first-order valence-electron chi connectivity index (χ1n) is 10.2. The zero-order chi connectivity index (χ0) is 19.7. The molecule has 0 unspecified atom stereocenters. The van der Waals surface area contributed by atoms with E-state index < -0.39 is 0 Å². The molecule has 0 amide bonds. The van der Waals surface area contributed by atoms with E-state index in [0.29, 0.717) is 5.92 Å². The van der Waals surface area contributed by atoms with Gasteiger partial charge in [0.1, 0.15) is 0 Å². The van der Waals surface area contributed by atoms with Gasteiger partial charge < -0.3 is 5.32 Å². The summed E-state index contributed by atoms with van der Waals surface area (Å²) in [4.78, 5) is 0. The zero-order valence-electron chi connectivity index (χ0n) is 17.9. The topological polar surface area (TPSA) is 29.9 Å². The van der Waals surface area contributed by atoms with E-state index in [1.807, 2.05) is 10.9 Å². The van der Waals surface area contributed by atoms with Crippen molar-refractivity contribution in [2.75, 3.05) is 6.54 Å². The second-order valence-corrected chi connectivity index (χ2v) is 7.75. The van der Waals surface area contributed by atoms with E-state index >= 15 is 0 Å². The third-order valence-corrected chi connectivity index (χ3v) is 5.30. The van der Waals surface area contributed by atoms with Crippen molar-refractivity contribution in [2.24, 2.45) is 11.3 Å². The van der Waals surface area contributed by atoms with Crippen molar-refractivity contribution in [3.05, 3.63) is 42.4 Å². The number of hydrogen-bond donors (Lipinski definition) is 1. The number of nitrogens with one attached hydrogen (secondary N) is 1. The molecule has 0 aliphatic heterocycles. The smallest absolute Gasteiger partial charge is 0.0571 e. The summed E-state index contributed by atoms with van der Waals surface area (Å²) in [5.41, 5.74) is 4.58. The van der Waals surface area contributed by atoms with Crippen LogP contribution in [0.15, 0.2) is 31.1 Å². The molecule has 0 fully saturated rings. The minimum atomic E-state index is -0.0418. The van der Waals surface area contributed by atoms with Gasteiger partial charge in [0.15, 0.2) is 0 Å². The van der Waals surface area contributed by atoms with Crippen LogP contribution in [0.4, 0.5) is 0 Å². The molecule has 26 heavy (non-hydrogen) atoms. The van der Waals surface area contributed by atoms with Crippen molar-refractivity contribution in [1.29, 1.82) is 0 Å². The Kier molecular flexibility index (Phi) is 8.91. The van der Waals surface area contributed by atoms with Gasteiger partial charge in [-0.3, -0.25) is 0 Å². The Labute approximate surface area is 161 Å². The Bertz CT molecular complexity index is 615. The summed E-state index contributed by atoms with van der Waals surface area (Å²) in [5.74, 6) is 0.670. The molecule has 0 saturated carbocycles. The summed E-state index contributed by atoms with van der Waals surface area (Å²) < 4.78 is 2.04. The molecule has 0 aromatic carbocycles. The first-order valence-corrected chi connectivity index (χ1v) is 10.2. The Balaban J connectivity index is 3.16. The van der Waals surface area contributed by atoms with Gasteiger partial charge in [-0.2, -0.15) is 5.10 Å². The molecule has 3 nitrogen and oxygen atoms in total. The standard InChI is InChI=1S/C23H39N3/c1-9-15-24-20(8)23(10-2,11-3)14-16-26-22(13-12-18(4)5)21(17-25-26)19(6)7/h14,16-18,24H,6,8-13,15H2,1-5,7H3/b16-14+. The fourth-order valence-corrected chi connectivity index (χ4v) is 3.23. The van der Waals surface area contributed by atoms with E-state index in [-0.39, 0.29) is 5.41 Å². The van der Waals surface area contributed by atoms with E-state index in [2.05, 4.69) is 77.4 Å². The monoisotopic (exact) mass is 357 g/mol. The summed E-state index contributed by atoms with van der Waals surface area (Å²) in [6.07, 6.45) is 11.7. The normalized spacial score (nSPS) is 12.1. The van der Waals surface area contributed by atoms with Crippen LogP contribution < -0.4 is 5.32 Å². The van der Waals surface area contributed by atoms with Gasteiger partial charge in [0.05, 0.1) is 11.9 Å². The summed E-state index contributed by atoms with van der Waals surface area (Å²) in [6, 6.07) is 0. The molecule has 0 spiro atoms. The SMILES string of the molecule is C=C(C)c1cnn(/C=C/C(CC)(CC)C(=C)NCCC)c1CCC(C)C. The van der Waals surface area contributed by atoms with Gasteiger partial charge in [-0.05, 0) is 50.5 Å². The Morgan fingerprint density at radius 2 is 1.92 bits per heavy atom.